The van der Waals surface area contributed by atoms with Gasteiger partial charge in [-0.3, -0.25) is 14.6 Å². The number of nitrogen functional groups attached to an aromatic ring is 1. The molecular formula is C34H34ClN7O6. The largest absolute Gasteiger partial charge is 0.493 e. The van der Waals surface area contributed by atoms with Crippen molar-refractivity contribution in [2.24, 2.45) is 4.99 Å². The lowest BCUT2D eigenvalue weighted by Crippen LogP contribution is -2.51. The van der Waals surface area contributed by atoms with Crippen molar-refractivity contribution >= 4 is 46.4 Å². The number of aliphatic imine (C=N–C) groups is 1. The van der Waals surface area contributed by atoms with Gasteiger partial charge in [0.25, 0.3) is 11.9 Å². The second-order valence-corrected chi connectivity index (χ2v) is 11.9. The highest BCUT2D eigenvalue weighted by Gasteiger charge is 2.36. The topological polar surface area (TPSA) is 137 Å². The first kappa shape index (κ1) is 31.3. The maximum Gasteiger partial charge on any atom is 0.278 e. The molecule has 0 aliphatic carbocycles. The fourth-order valence-electron chi connectivity index (χ4n) is 6.12. The Hall–Kier alpha value is -5.27. The van der Waals surface area contributed by atoms with Gasteiger partial charge in [-0.05, 0) is 48.0 Å². The summed E-state index contributed by atoms with van der Waals surface area (Å²) in [7, 11) is 4.68. The van der Waals surface area contributed by atoms with Crippen molar-refractivity contribution in [2.45, 2.75) is 6.42 Å². The molecule has 0 saturated carbocycles. The summed E-state index contributed by atoms with van der Waals surface area (Å²) < 4.78 is 27.4. The van der Waals surface area contributed by atoms with Crippen molar-refractivity contribution < 1.29 is 28.5 Å². The number of hydrogen-bond donors (Lipinski definition) is 1. The van der Waals surface area contributed by atoms with Gasteiger partial charge in [0.05, 0.1) is 33.7 Å². The van der Waals surface area contributed by atoms with Crippen molar-refractivity contribution in [3.05, 3.63) is 76.4 Å². The van der Waals surface area contributed by atoms with Gasteiger partial charge < -0.3 is 34.3 Å². The molecule has 1 aromatic heterocycles. The Morgan fingerprint density at radius 3 is 2.40 bits per heavy atom. The average molecular weight is 672 g/mol. The van der Waals surface area contributed by atoms with E-state index in [9.17, 15) is 4.79 Å². The van der Waals surface area contributed by atoms with Gasteiger partial charge in [-0.2, -0.15) is 4.98 Å². The van der Waals surface area contributed by atoms with Gasteiger partial charge in [0.2, 0.25) is 12.5 Å². The molecule has 13 nitrogen and oxygen atoms in total. The van der Waals surface area contributed by atoms with E-state index in [-0.39, 0.29) is 30.2 Å². The van der Waals surface area contributed by atoms with Gasteiger partial charge in [0, 0.05) is 66.7 Å². The number of rotatable bonds is 9. The smallest absolute Gasteiger partial charge is 0.278 e. The Morgan fingerprint density at radius 1 is 0.938 bits per heavy atom. The number of ether oxygens (including phenoxy) is 5. The van der Waals surface area contributed by atoms with E-state index in [0.29, 0.717) is 46.5 Å². The molecule has 4 heterocycles. The molecule has 48 heavy (non-hydrogen) atoms. The summed E-state index contributed by atoms with van der Waals surface area (Å²) in [5.41, 5.74) is 10.6. The third-order valence-corrected chi connectivity index (χ3v) is 8.84. The van der Waals surface area contributed by atoms with E-state index in [2.05, 4.69) is 24.8 Å². The van der Waals surface area contributed by atoms with Gasteiger partial charge in [-0.15, -0.1) is 0 Å². The number of nitrogens with two attached hydrogens (primary N) is 1. The first-order valence-electron chi connectivity index (χ1n) is 15.3. The minimum atomic E-state index is -0.255. The molecule has 3 aliphatic heterocycles. The SMILES string of the molecule is COc1cc(Cc2cnc(/N=C3\C(=O)N(CN4CCN(c5ccc6c(c5)OCO6)CC4)c4ccc(Cl)cc43)nc2N)cc(OC)c1OC. The van der Waals surface area contributed by atoms with Gasteiger partial charge in [-0.25, -0.2) is 9.98 Å². The maximum absolute atomic E-state index is 13.9. The van der Waals surface area contributed by atoms with Crippen molar-refractivity contribution in [3.63, 3.8) is 0 Å². The predicted molar refractivity (Wildman–Crippen MR) is 182 cm³/mol. The molecule has 1 amide bonds. The summed E-state index contributed by atoms with van der Waals surface area (Å²) in [5.74, 6) is 3.15. The van der Waals surface area contributed by atoms with Crippen LogP contribution in [-0.2, 0) is 11.2 Å². The number of carbonyl (C=O) groups is 1. The van der Waals surface area contributed by atoms with E-state index in [1.807, 2.05) is 36.4 Å². The maximum atomic E-state index is 13.9. The first-order chi connectivity index (χ1) is 23.3. The second kappa shape index (κ2) is 13.1. The lowest BCUT2D eigenvalue weighted by Gasteiger charge is -2.37. The number of methoxy groups -OCH3 is 3. The van der Waals surface area contributed by atoms with Gasteiger partial charge in [-0.1, -0.05) is 11.6 Å². The van der Waals surface area contributed by atoms with Crippen molar-refractivity contribution in [3.8, 4) is 28.7 Å². The van der Waals surface area contributed by atoms with Crippen LogP contribution >= 0.6 is 11.6 Å². The van der Waals surface area contributed by atoms with Crippen LogP contribution in [-0.4, -0.2) is 87.5 Å². The number of anilines is 3. The third kappa shape index (κ3) is 5.98. The summed E-state index contributed by atoms with van der Waals surface area (Å²) in [6.45, 7) is 3.77. The molecule has 3 aromatic carbocycles. The van der Waals surface area contributed by atoms with Crippen LogP contribution in [0.25, 0.3) is 0 Å². The Morgan fingerprint density at radius 2 is 1.69 bits per heavy atom. The summed E-state index contributed by atoms with van der Waals surface area (Å²) in [6, 6.07) is 15.1. The molecule has 14 heteroatoms. The van der Waals surface area contributed by atoms with Crippen LogP contribution in [0.4, 0.5) is 23.1 Å². The minimum absolute atomic E-state index is 0.0783. The fourth-order valence-corrected chi connectivity index (χ4v) is 6.29. The summed E-state index contributed by atoms with van der Waals surface area (Å²) >= 11 is 6.38. The highest BCUT2D eigenvalue weighted by Crippen LogP contribution is 2.39. The molecule has 0 radical (unpaired) electrons. The zero-order valence-corrected chi connectivity index (χ0v) is 27.5. The number of fused-ring (bicyclic) bond motifs is 2. The Balaban J connectivity index is 1.08. The molecule has 0 atom stereocenters. The fraction of sp³-hybridized carbons (Fsp3) is 0.294. The number of hydrogen-bond acceptors (Lipinski definition) is 12. The van der Waals surface area contributed by atoms with Crippen LogP contribution in [0.15, 0.2) is 59.7 Å². The van der Waals surface area contributed by atoms with Crippen LogP contribution in [0.1, 0.15) is 16.7 Å². The Labute approximate surface area is 282 Å². The van der Waals surface area contributed by atoms with E-state index >= 15 is 0 Å². The highest BCUT2D eigenvalue weighted by molar-refractivity contribution is 6.55. The van der Waals surface area contributed by atoms with Crippen LogP contribution < -0.4 is 39.2 Å². The van der Waals surface area contributed by atoms with Crippen molar-refractivity contribution in [1.29, 1.82) is 0 Å². The standard InChI is InChI=1S/C34H34ClN7O6/c1-44-28-13-20(14-29(45-2)31(28)46-3)12-21-17-37-34(39-32(21)36)38-30-24-15-22(35)4-6-25(24)42(33(30)43)18-40-8-10-41(11-9-40)23-5-7-26-27(16-23)48-19-47-26/h4-7,13-17H,8-12,18-19H2,1-3H3,(H2,36,37,39)/b38-30-. The number of piperazine rings is 1. The summed E-state index contributed by atoms with van der Waals surface area (Å²) in [4.78, 5) is 33.6. The lowest BCUT2D eigenvalue weighted by molar-refractivity contribution is -0.112. The van der Waals surface area contributed by atoms with Gasteiger partial charge in [0.1, 0.15) is 11.5 Å². The number of aromatic nitrogens is 2. The zero-order valence-electron chi connectivity index (χ0n) is 26.7. The third-order valence-electron chi connectivity index (χ3n) is 8.60. The molecular weight excluding hydrogens is 638 g/mol. The molecule has 7 rings (SSSR count). The molecule has 3 aliphatic rings. The number of benzene rings is 3. The molecule has 2 N–H and O–H groups in total. The van der Waals surface area contributed by atoms with E-state index in [1.54, 1.807) is 44.6 Å². The molecule has 0 spiro atoms. The molecule has 1 saturated heterocycles. The van der Waals surface area contributed by atoms with E-state index < -0.39 is 0 Å². The van der Waals surface area contributed by atoms with Crippen molar-refractivity contribution in [2.75, 3.05) is 76.5 Å². The lowest BCUT2D eigenvalue weighted by atomic mass is 10.1. The van der Waals surface area contributed by atoms with Crippen molar-refractivity contribution in [1.82, 2.24) is 14.9 Å². The first-order valence-corrected chi connectivity index (χ1v) is 15.7. The van der Waals surface area contributed by atoms with Gasteiger partial charge >= 0.3 is 0 Å². The van der Waals surface area contributed by atoms with E-state index in [4.69, 9.17) is 41.0 Å². The number of carbonyl (C=O) groups excluding carboxylic acids is 1. The molecule has 248 valence electrons. The Bertz CT molecular complexity index is 1890. The molecule has 0 unspecified atom stereocenters. The second-order valence-electron chi connectivity index (χ2n) is 11.4. The van der Waals surface area contributed by atoms with E-state index in [0.717, 1.165) is 54.6 Å². The summed E-state index contributed by atoms with van der Waals surface area (Å²) in [5, 5.41) is 0.495. The van der Waals surface area contributed by atoms with Crippen LogP contribution in [0, 0.1) is 0 Å². The van der Waals surface area contributed by atoms with Crippen LogP contribution in [0.2, 0.25) is 5.02 Å². The quantitative estimate of drug-likeness (QED) is 0.273. The number of nitrogens with zero attached hydrogens (tertiary/aromatic N) is 6. The van der Waals surface area contributed by atoms with Crippen LogP contribution in [0.3, 0.4) is 0 Å². The highest BCUT2D eigenvalue weighted by atomic mass is 35.5. The average Bonchev–Trinajstić information content (AvgIpc) is 3.67. The van der Waals surface area contributed by atoms with Crippen LogP contribution in [0.5, 0.6) is 28.7 Å². The molecule has 0 bridgehead atoms. The molecule has 4 aromatic rings. The number of halogens is 1. The minimum Gasteiger partial charge on any atom is -0.493 e. The zero-order chi connectivity index (χ0) is 33.4. The van der Waals surface area contributed by atoms with Gasteiger partial charge in [0.15, 0.2) is 23.0 Å². The normalized spacial score (nSPS) is 16.4. The predicted octanol–water partition coefficient (Wildman–Crippen LogP) is 4.30. The van der Waals surface area contributed by atoms with E-state index in [1.165, 1.54) is 0 Å². The summed E-state index contributed by atoms with van der Waals surface area (Å²) in [6.07, 6.45) is 2.02. The monoisotopic (exact) mass is 671 g/mol. The Kier molecular flexibility index (Phi) is 8.54. The number of amides is 1. The molecule has 1 fully saturated rings.